The Morgan fingerprint density at radius 2 is 2.26 bits per heavy atom. The topological polar surface area (TPSA) is 99.2 Å². The Labute approximate surface area is 108 Å². The Morgan fingerprint density at radius 3 is 2.89 bits per heavy atom. The fourth-order valence-electron chi connectivity index (χ4n) is 1.64. The summed E-state index contributed by atoms with van der Waals surface area (Å²) in [7, 11) is 1.58. The summed E-state index contributed by atoms with van der Waals surface area (Å²) in [5, 5.41) is 15.5. The number of hydrogen-bond acceptors (Lipinski definition) is 4. The van der Waals surface area contributed by atoms with E-state index < -0.39 is 11.9 Å². The van der Waals surface area contributed by atoms with Crippen molar-refractivity contribution in [1.82, 2.24) is 20.1 Å². The lowest BCUT2D eigenvalue weighted by Gasteiger charge is -2.16. The molecule has 2 N–H and O–H groups in total. The van der Waals surface area contributed by atoms with Crippen LogP contribution in [-0.4, -0.2) is 44.1 Å². The lowest BCUT2D eigenvalue weighted by Crippen LogP contribution is -2.28. The summed E-state index contributed by atoms with van der Waals surface area (Å²) in [5.74, 6) is -1.62. The van der Waals surface area contributed by atoms with Gasteiger partial charge < -0.3 is 10.0 Å². The zero-order valence-corrected chi connectivity index (χ0v) is 10.2. The number of H-pyrrole nitrogens is 1. The Morgan fingerprint density at radius 1 is 1.47 bits per heavy atom. The van der Waals surface area contributed by atoms with Crippen LogP contribution in [0.4, 0.5) is 0 Å². The summed E-state index contributed by atoms with van der Waals surface area (Å²) in [6.45, 7) is 0.324. The SMILES string of the molecule is CN(Cc1cn[nH]c1)C(=O)c1ncccc1C(=O)O. The molecule has 0 aliphatic heterocycles. The van der Waals surface area contributed by atoms with Gasteiger partial charge in [-0.25, -0.2) is 4.79 Å². The van der Waals surface area contributed by atoms with Gasteiger partial charge in [-0.2, -0.15) is 5.10 Å². The number of aromatic amines is 1. The van der Waals surface area contributed by atoms with E-state index in [1.54, 1.807) is 19.4 Å². The van der Waals surface area contributed by atoms with E-state index in [1.165, 1.54) is 23.2 Å². The summed E-state index contributed by atoms with van der Waals surface area (Å²) >= 11 is 0. The number of aromatic carboxylic acids is 1. The van der Waals surface area contributed by atoms with Gasteiger partial charge in [-0.3, -0.25) is 14.9 Å². The summed E-state index contributed by atoms with van der Waals surface area (Å²) < 4.78 is 0. The highest BCUT2D eigenvalue weighted by atomic mass is 16.4. The zero-order chi connectivity index (χ0) is 13.8. The van der Waals surface area contributed by atoms with Gasteiger partial charge in [0.1, 0.15) is 5.69 Å². The van der Waals surface area contributed by atoms with Crippen molar-refractivity contribution in [2.45, 2.75) is 6.54 Å². The highest BCUT2D eigenvalue weighted by Gasteiger charge is 2.20. The maximum atomic E-state index is 12.2. The van der Waals surface area contributed by atoms with E-state index in [2.05, 4.69) is 15.2 Å². The number of nitrogens with one attached hydrogen (secondary N) is 1. The van der Waals surface area contributed by atoms with E-state index in [0.29, 0.717) is 6.54 Å². The Kier molecular flexibility index (Phi) is 3.56. The van der Waals surface area contributed by atoms with Crippen molar-refractivity contribution in [3.05, 3.63) is 47.5 Å². The highest BCUT2D eigenvalue weighted by Crippen LogP contribution is 2.10. The molecular weight excluding hydrogens is 248 g/mol. The van der Waals surface area contributed by atoms with Gasteiger partial charge in [0.05, 0.1) is 11.8 Å². The highest BCUT2D eigenvalue weighted by molar-refractivity contribution is 6.03. The molecule has 2 rings (SSSR count). The number of carbonyl (C=O) groups is 2. The number of rotatable bonds is 4. The first-order valence-electron chi connectivity index (χ1n) is 5.51. The molecule has 7 nitrogen and oxygen atoms in total. The Balaban J connectivity index is 2.22. The van der Waals surface area contributed by atoms with Crippen LogP contribution in [0, 0.1) is 0 Å². The van der Waals surface area contributed by atoms with Crippen LogP contribution in [0.15, 0.2) is 30.7 Å². The lowest BCUT2D eigenvalue weighted by atomic mass is 10.1. The van der Waals surface area contributed by atoms with Crippen LogP contribution in [-0.2, 0) is 6.54 Å². The van der Waals surface area contributed by atoms with Crippen LogP contribution in [0.1, 0.15) is 26.4 Å². The average molecular weight is 260 g/mol. The third kappa shape index (κ3) is 2.76. The van der Waals surface area contributed by atoms with Gasteiger partial charge in [0, 0.05) is 31.5 Å². The molecule has 0 fully saturated rings. The number of carboxylic acid groups (broad SMARTS) is 1. The van der Waals surface area contributed by atoms with Crippen LogP contribution in [0.5, 0.6) is 0 Å². The molecule has 2 aromatic rings. The van der Waals surface area contributed by atoms with E-state index >= 15 is 0 Å². The predicted molar refractivity (Wildman–Crippen MR) is 65.6 cm³/mol. The molecule has 0 unspecified atom stereocenters. The number of amides is 1. The van der Waals surface area contributed by atoms with Gasteiger partial charge >= 0.3 is 5.97 Å². The van der Waals surface area contributed by atoms with Crippen molar-refractivity contribution in [2.75, 3.05) is 7.05 Å². The minimum absolute atomic E-state index is 0.0685. The number of pyridine rings is 1. The van der Waals surface area contributed by atoms with Crippen molar-refractivity contribution in [2.24, 2.45) is 0 Å². The van der Waals surface area contributed by atoms with E-state index in [1.807, 2.05) is 0 Å². The predicted octanol–water partition coefficient (Wildman–Crippen LogP) is 0.775. The monoisotopic (exact) mass is 260 g/mol. The normalized spacial score (nSPS) is 10.2. The molecule has 0 spiro atoms. The van der Waals surface area contributed by atoms with Gasteiger partial charge in [-0.15, -0.1) is 0 Å². The third-order valence-electron chi connectivity index (χ3n) is 2.56. The second kappa shape index (κ2) is 5.30. The minimum Gasteiger partial charge on any atom is -0.478 e. The molecule has 0 atom stereocenters. The summed E-state index contributed by atoms with van der Waals surface area (Å²) in [5.41, 5.74) is 0.649. The smallest absolute Gasteiger partial charge is 0.338 e. The van der Waals surface area contributed by atoms with E-state index in [4.69, 9.17) is 5.11 Å². The first-order chi connectivity index (χ1) is 9.09. The van der Waals surface area contributed by atoms with E-state index in [-0.39, 0.29) is 11.3 Å². The van der Waals surface area contributed by atoms with Gasteiger partial charge in [0.25, 0.3) is 5.91 Å². The standard InChI is InChI=1S/C12H12N4O3/c1-16(7-8-5-14-15-6-8)11(17)10-9(12(18)19)3-2-4-13-10/h2-6H,7H2,1H3,(H,14,15)(H,18,19). The molecule has 19 heavy (non-hydrogen) atoms. The molecule has 0 bridgehead atoms. The Bertz CT molecular complexity index is 595. The largest absolute Gasteiger partial charge is 0.478 e. The van der Waals surface area contributed by atoms with Crippen molar-refractivity contribution < 1.29 is 14.7 Å². The molecule has 0 radical (unpaired) electrons. The van der Waals surface area contributed by atoms with Gasteiger partial charge in [-0.05, 0) is 12.1 Å². The molecule has 0 aliphatic rings. The molecule has 7 heteroatoms. The van der Waals surface area contributed by atoms with Crippen molar-refractivity contribution in [1.29, 1.82) is 0 Å². The maximum absolute atomic E-state index is 12.2. The first-order valence-corrected chi connectivity index (χ1v) is 5.51. The molecule has 0 saturated heterocycles. The van der Waals surface area contributed by atoms with Crippen molar-refractivity contribution in [3.63, 3.8) is 0 Å². The second-order valence-corrected chi connectivity index (χ2v) is 3.97. The molecular formula is C12H12N4O3. The van der Waals surface area contributed by atoms with Crippen LogP contribution < -0.4 is 0 Å². The molecule has 1 amide bonds. The van der Waals surface area contributed by atoms with Crippen molar-refractivity contribution >= 4 is 11.9 Å². The minimum atomic E-state index is -1.17. The molecule has 2 aromatic heterocycles. The molecule has 0 saturated carbocycles. The average Bonchev–Trinajstić information content (AvgIpc) is 2.90. The number of aromatic nitrogens is 3. The third-order valence-corrected chi connectivity index (χ3v) is 2.56. The van der Waals surface area contributed by atoms with Gasteiger partial charge in [0.2, 0.25) is 0 Å². The summed E-state index contributed by atoms with van der Waals surface area (Å²) in [4.78, 5) is 28.4. The zero-order valence-electron chi connectivity index (χ0n) is 10.2. The van der Waals surface area contributed by atoms with Gasteiger partial charge in [-0.1, -0.05) is 0 Å². The van der Waals surface area contributed by atoms with Crippen LogP contribution >= 0.6 is 0 Å². The van der Waals surface area contributed by atoms with Crippen molar-refractivity contribution in [3.8, 4) is 0 Å². The molecule has 0 aromatic carbocycles. The number of nitrogens with zero attached hydrogens (tertiary/aromatic N) is 3. The van der Waals surface area contributed by atoms with Crippen LogP contribution in [0.3, 0.4) is 0 Å². The molecule has 0 aliphatic carbocycles. The molecule has 98 valence electrons. The number of carbonyl (C=O) groups excluding carboxylic acids is 1. The van der Waals surface area contributed by atoms with Crippen LogP contribution in [0.25, 0.3) is 0 Å². The van der Waals surface area contributed by atoms with E-state index in [0.717, 1.165) is 5.56 Å². The lowest BCUT2D eigenvalue weighted by molar-refractivity contribution is 0.0678. The summed E-state index contributed by atoms with van der Waals surface area (Å²) in [6, 6.07) is 2.84. The summed E-state index contributed by atoms with van der Waals surface area (Å²) in [6.07, 6.45) is 4.66. The van der Waals surface area contributed by atoms with Gasteiger partial charge in [0.15, 0.2) is 0 Å². The maximum Gasteiger partial charge on any atom is 0.338 e. The van der Waals surface area contributed by atoms with E-state index in [9.17, 15) is 9.59 Å². The molecule has 2 heterocycles. The number of carboxylic acids is 1. The first kappa shape index (κ1) is 12.7. The number of hydrogen-bond donors (Lipinski definition) is 2. The fourth-order valence-corrected chi connectivity index (χ4v) is 1.64. The fraction of sp³-hybridized carbons (Fsp3) is 0.167. The van der Waals surface area contributed by atoms with Crippen LogP contribution in [0.2, 0.25) is 0 Å². The Hall–Kier alpha value is -2.70. The quantitative estimate of drug-likeness (QED) is 0.846. The second-order valence-electron chi connectivity index (χ2n) is 3.97.